The highest BCUT2D eigenvalue weighted by Crippen LogP contribution is 2.25. The summed E-state index contributed by atoms with van der Waals surface area (Å²) in [6.07, 6.45) is 0.758. The van der Waals surface area contributed by atoms with E-state index in [4.69, 9.17) is 9.47 Å². The van der Waals surface area contributed by atoms with Crippen molar-refractivity contribution in [3.63, 3.8) is 0 Å². The summed E-state index contributed by atoms with van der Waals surface area (Å²) < 4.78 is 11.0. The molecule has 0 unspecified atom stereocenters. The van der Waals surface area contributed by atoms with Crippen LogP contribution >= 0.6 is 0 Å². The van der Waals surface area contributed by atoms with Gasteiger partial charge in [0, 0.05) is 18.4 Å². The largest absolute Gasteiger partial charge is 0.491 e. The van der Waals surface area contributed by atoms with E-state index in [1.54, 1.807) is 7.11 Å². The molecule has 0 aromatic heterocycles. The average Bonchev–Trinajstić information content (AvgIpc) is 2.80. The second-order valence-electron chi connectivity index (χ2n) is 6.23. The monoisotopic (exact) mass is 340 g/mol. The molecule has 1 heterocycles. The van der Waals surface area contributed by atoms with Crippen LogP contribution in [0.5, 0.6) is 5.75 Å². The van der Waals surface area contributed by atoms with Gasteiger partial charge < -0.3 is 19.7 Å². The molecule has 1 aliphatic rings. The number of nitrogens with one attached hydrogen (secondary N) is 1. The van der Waals surface area contributed by atoms with Crippen molar-refractivity contribution < 1.29 is 14.3 Å². The van der Waals surface area contributed by atoms with Gasteiger partial charge >= 0.3 is 6.03 Å². The van der Waals surface area contributed by atoms with Gasteiger partial charge in [0.15, 0.2) is 0 Å². The lowest BCUT2D eigenvalue weighted by Gasteiger charge is -2.27. The zero-order chi connectivity index (χ0) is 17.6. The Morgan fingerprint density at radius 3 is 2.84 bits per heavy atom. The van der Waals surface area contributed by atoms with E-state index in [2.05, 4.69) is 5.32 Å². The van der Waals surface area contributed by atoms with Crippen LogP contribution in [-0.4, -0.2) is 37.3 Å². The van der Waals surface area contributed by atoms with Crippen LogP contribution in [0, 0.1) is 0 Å². The summed E-state index contributed by atoms with van der Waals surface area (Å²) in [6.45, 7) is 3.63. The van der Waals surface area contributed by atoms with Crippen LogP contribution in [-0.2, 0) is 17.7 Å². The number of rotatable bonds is 4. The minimum Gasteiger partial charge on any atom is -0.491 e. The molecule has 2 aromatic rings. The zero-order valence-corrected chi connectivity index (χ0v) is 14.7. The molecule has 5 nitrogen and oxygen atoms in total. The lowest BCUT2D eigenvalue weighted by molar-refractivity contribution is 0.168. The summed E-state index contributed by atoms with van der Waals surface area (Å²) in [5, 5.41) is 3.05. The summed E-state index contributed by atoms with van der Waals surface area (Å²) in [4.78, 5) is 14.7. The fourth-order valence-electron chi connectivity index (χ4n) is 2.95. The van der Waals surface area contributed by atoms with Crippen molar-refractivity contribution in [2.24, 2.45) is 0 Å². The van der Waals surface area contributed by atoms with Gasteiger partial charge in [0.05, 0.1) is 19.2 Å². The Morgan fingerprint density at radius 2 is 2.00 bits per heavy atom. The predicted molar refractivity (Wildman–Crippen MR) is 98.0 cm³/mol. The molecule has 132 valence electrons. The van der Waals surface area contributed by atoms with Crippen LogP contribution in [0.25, 0.3) is 0 Å². The topological polar surface area (TPSA) is 50.8 Å². The van der Waals surface area contributed by atoms with Crippen molar-refractivity contribution in [2.45, 2.75) is 25.9 Å². The molecule has 0 saturated heterocycles. The van der Waals surface area contributed by atoms with E-state index in [1.807, 2.05) is 60.4 Å². The number of fused-ring (bicyclic) bond motifs is 1. The van der Waals surface area contributed by atoms with Gasteiger partial charge in [-0.2, -0.15) is 0 Å². The van der Waals surface area contributed by atoms with E-state index in [1.165, 1.54) is 0 Å². The maximum absolute atomic E-state index is 12.9. The van der Waals surface area contributed by atoms with Crippen LogP contribution < -0.4 is 10.1 Å². The Hall–Kier alpha value is -2.53. The van der Waals surface area contributed by atoms with Crippen molar-refractivity contribution >= 4 is 11.7 Å². The van der Waals surface area contributed by atoms with E-state index in [0.29, 0.717) is 19.8 Å². The standard InChI is InChI=1S/C20H24N2O3/c1-15-14-25-19-10-6-4-8-17(19)13-22(15)20(23)21-18-9-5-3-7-16(18)11-12-24-2/h3-10,15H,11-14H2,1-2H3,(H,21,23)/t15-/m0/s1. The predicted octanol–water partition coefficient (Wildman–Crippen LogP) is 3.69. The number of methoxy groups -OCH3 is 1. The molecule has 1 atom stereocenters. The summed E-state index contributed by atoms with van der Waals surface area (Å²) >= 11 is 0. The molecule has 0 spiro atoms. The number of anilines is 1. The molecule has 5 heteroatoms. The van der Waals surface area contributed by atoms with Crippen molar-refractivity contribution in [3.8, 4) is 5.75 Å². The Kier molecular flexibility index (Phi) is 5.56. The second-order valence-corrected chi connectivity index (χ2v) is 6.23. The van der Waals surface area contributed by atoms with Crippen molar-refractivity contribution in [1.29, 1.82) is 0 Å². The molecule has 0 saturated carbocycles. The van der Waals surface area contributed by atoms with E-state index < -0.39 is 0 Å². The third-order valence-corrected chi connectivity index (χ3v) is 4.42. The smallest absolute Gasteiger partial charge is 0.322 e. The second kappa shape index (κ2) is 8.03. The Balaban J connectivity index is 1.76. The first-order valence-electron chi connectivity index (χ1n) is 8.54. The minimum atomic E-state index is -0.113. The van der Waals surface area contributed by atoms with Crippen LogP contribution in [0.3, 0.4) is 0 Å². The Bertz CT molecular complexity index is 732. The normalized spacial score (nSPS) is 16.6. The van der Waals surface area contributed by atoms with Crippen LogP contribution in [0.15, 0.2) is 48.5 Å². The number of hydrogen-bond donors (Lipinski definition) is 1. The highest BCUT2D eigenvalue weighted by Gasteiger charge is 2.25. The highest BCUT2D eigenvalue weighted by atomic mass is 16.5. The van der Waals surface area contributed by atoms with E-state index in [9.17, 15) is 4.79 Å². The molecule has 2 amide bonds. The fourth-order valence-corrected chi connectivity index (χ4v) is 2.95. The fraction of sp³-hybridized carbons (Fsp3) is 0.350. The van der Waals surface area contributed by atoms with Gasteiger partial charge in [-0.25, -0.2) is 4.79 Å². The molecule has 0 fully saturated rings. The number of amides is 2. The maximum Gasteiger partial charge on any atom is 0.322 e. The number of hydrogen-bond acceptors (Lipinski definition) is 3. The minimum absolute atomic E-state index is 0.0152. The lowest BCUT2D eigenvalue weighted by Crippen LogP contribution is -2.42. The van der Waals surface area contributed by atoms with E-state index >= 15 is 0 Å². The Labute approximate surface area is 148 Å². The number of carbonyl (C=O) groups excluding carboxylic acids is 1. The molecule has 1 N–H and O–H groups in total. The molecule has 1 aliphatic heterocycles. The number of ether oxygens (including phenoxy) is 2. The summed E-state index contributed by atoms with van der Waals surface area (Å²) in [6, 6.07) is 15.6. The maximum atomic E-state index is 12.9. The lowest BCUT2D eigenvalue weighted by atomic mass is 10.1. The van der Waals surface area contributed by atoms with Crippen molar-refractivity contribution in [3.05, 3.63) is 59.7 Å². The van der Waals surface area contributed by atoms with Gasteiger partial charge in [-0.1, -0.05) is 36.4 Å². The van der Waals surface area contributed by atoms with Gasteiger partial charge in [0.1, 0.15) is 12.4 Å². The van der Waals surface area contributed by atoms with Crippen molar-refractivity contribution in [2.75, 3.05) is 25.6 Å². The quantitative estimate of drug-likeness (QED) is 0.923. The molecule has 0 aliphatic carbocycles. The third kappa shape index (κ3) is 4.12. The number of nitrogens with zero attached hydrogens (tertiary/aromatic N) is 1. The summed E-state index contributed by atoms with van der Waals surface area (Å²) in [5.41, 5.74) is 2.92. The van der Waals surface area contributed by atoms with Crippen LogP contribution in [0.1, 0.15) is 18.1 Å². The van der Waals surface area contributed by atoms with Gasteiger partial charge in [0.25, 0.3) is 0 Å². The summed E-state index contributed by atoms with van der Waals surface area (Å²) in [5.74, 6) is 0.852. The molecule has 0 bridgehead atoms. The van der Waals surface area contributed by atoms with Crippen molar-refractivity contribution in [1.82, 2.24) is 4.90 Å². The molecule has 3 rings (SSSR count). The summed E-state index contributed by atoms with van der Waals surface area (Å²) in [7, 11) is 1.68. The van der Waals surface area contributed by atoms with Gasteiger partial charge in [0.2, 0.25) is 0 Å². The SMILES string of the molecule is COCCc1ccccc1NC(=O)N1Cc2ccccc2OC[C@@H]1C. The molecule has 2 aromatic carbocycles. The van der Waals surface area contributed by atoms with Gasteiger partial charge in [-0.05, 0) is 31.0 Å². The average molecular weight is 340 g/mol. The van der Waals surface area contributed by atoms with Crippen LogP contribution in [0.2, 0.25) is 0 Å². The van der Waals surface area contributed by atoms with E-state index in [0.717, 1.165) is 29.0 Å². The molecule has 25 heavy (non-hydrogen) atoms. The first-order chi connectivity index (χ1) is 12.2. The first-order valence-corrected chi connectivity index (χ1v) is 8.54. The van der Waals surface area contributed by atoms with Crippen LogP contribution in [0.4, 0.5) is 10.5 Å². The molecule has 0 radical (unpaired) electrons. The van der Waals surface area contributed by atoms with Gasteiger partial charge in [-0.3, -0.25) is 0 Å². The highest BCUT2D eigenvalue weighted by molar-refractivity contribution is 5.90. The molecular weight excluding hydrogens is 316 g/mol. The first kappa shape index (κ1) is 17.3. The number of para-hydroxylation sites is 2. The zero-order valence-electron chi connectivity index (χ0n) is 14.7. The Morgan fingerprint density at radius 1 is 1.24 bits per heavy atom. The van der Waals surface area contributed by atoms with Gasteiger partial charge in [-0.15, -0.1) is 0 Å². The molecular formula is C20H24N2O3. The number of benzene rings is 2. The van der Waals surface area contributed by atoms with E-state index in [-0.39, 0.29) is 12.1 Å². The third-order valence-electron chi connectivity index (χ3n) is 4.42. The number of carbonyl (C=O) groups is 1. The number of urea groups is 1.